The molecule has 3 rings (SSSR count). The van der Waals surface area contributed by atoms with E-state index in [0.717, 1.165) is 37.9 Å². The van der Waals surface area contributed by atoms with Crippen molar-refractivity contribution in [2.45, 2.75) is 38.2 Å². The summed E-state index contributed by atoms with van der Waals surface area (Å²) < 4.78 is 5.98. The summed E-state index contributed by atoms with van der Waals surface area (Å²) in [7, 11) is 0. The number of halogens is 1. The molecule has 0 radical (unpaired) electrons. The Morgan fingerprint density at radius 1 is 1.28 bits per heavy atom. The van der Waals surface area contributed by atoms with Gasteiger partial charge in [-0.1, -0.05) is 48.9 Å². The predicted octanol–water partition coefficient (Wildman–Crippen LogP) is 4.30. The maximum Gasteiger partial charge on any atom is 0.230 e. The molecule has 1 amide bonds. The van der Waals surface area contributed by atoms with Crippen LogP contribution in [0.15, 0.2) is 48.8 Å². The Kier molecular flexibility index (Phi) is 5.92. The van der Waals surface area contributed by atoms with E-state index in [1.54, 1.807) is 18.5 Å². The number of aromatic nitrogens is 1. The lowest BCUT2D eigenvalue weighted by Crippen LogP contribution is -2.43. The number of carbonyl (C=O) groups is 1. The van der Waals surface area contributed by atoms with Crippen molar-refractivity contribution >= 4 is 17.5 Å². The number of amides is 1. The smallest absolute Gasteiger partial charge is 0.230 e. The molecule has 1 atom stereocenters. The van der Waals surface area contributed by atoms with Crippen LogP contribution in [0.1, 0.15) is 37.7 Å². The van der Waals surface area contributed by atoms with E-state index in [0.29, 0.717) is 10.8 Å². The van der Waals surface area contributed by atoms with Crippen LogP contribution in [-0.2, 0) is 4.79 Å². The molecule has 25 heavy (non-hydrogen) atoms. The van der Waals surface area contributed by atoms with Gasteiger partial charge in [0.05, 0.1) is 5.92 Å². The Bertz CT molecular complexity index is 700. The van der Waals surface area contributed by atoms with Gasteiger partial charge in [0.2, 0.25) is 5.91 Å². The quantitative estimate of drug-likeness (QED) is 0.800. The first-order chi connectivity index (χ1) is 12.2. The molecule has 1 aromatic heterocycles. The molecule has 1 fully saturated rings. The number of hydrogen-bond donors (Lipinski definition) is 0. The topological polar surface area (TPSA) is 42.4 Å². The molecule has 1 aliphatic heterocycles. The lowest BCUT2D eigenvalue weighted by molar-refractivity contribution is -0.134. The second-order valence-corrected chi connectivity index (χ2v) is 6.73. The highest BCUT2D eigenvalue weighted by Crippen LogP contribution is 2.28. The van der Waals surface area contributed by atoms with Crippen LogP contribution in [0.25, 0.3) is 0 Å². The van der Waals surface area contributed by atoms with E-state index in [9.17, 15) is 4.79 Å². The predicted molar refractivity (Wildman–Crippen MR) is 99.0 cm³/mol. The van der Waals surface area contributed by atoms with Crippen molar-refractivity contribution in [3.63, 3.8) is 0 Å². The van der Waals surface area contributed by atoms with E-state index in [1.165, 1.54) is 0 Å². The van der Waals surface area contributed by atoms with E-state index in [-0.39, 0.29) is 17.9 Å². The summed E-state index contributed by atoms with van der Waals surface area (Å²) in [6.45, 7) is 3.50. The Hall–Kier alpha value is -2.07. The van der Waals surface area contributed by atoms with Crippen LogP contribution in [0.3, 0.4) is 0 Å². The third-order valence-electron chi connectivity index (χ3n) is 4.69. The van der Waals surface area contributed by atoms with Crippen molar-refractivity contribution in [2.75, 3.05) is 13.1 Å². The SMILES string of the molecule is CC[C@@H](C(=O)N1CCC(Oc2ccncc2Cl)CC1)c1ccccc1. The Labute approximate surface area is 153 Å². The van der Waals surface area contributed by atoms with E-state index in [2.05, 4.69) is 11.9 Å². The van der Waals surface area contributed by atoms with E-state index < -0.39 is 0 Å². The van der Waals surface area contributed by atoms with E-state index in [1.807, 2.05) is 35.2 Å². The summed E-state index contributed by atoms with van der Waals surface area (Å²) in [6, 6.07) is 11.8. The summed E-state index contributed by atoms with van der Waals surface area (Å²) >= 11 is 6.10. The second kappa shape index (κ2) is 8.34. The number of rotatable bonds is 5. The van der Waals surface area contributed by atoms with Crippen molar-refractivity contribution in [3.8, 4) is 5.75 Å². The van der Waals surface area contributed by atoms with Crippen LogP contribution >= 0.6 is 11.6 Å². The number of piperidine rings is 1. The molecule has 2 aromatic rings. The summed E-state index contributed by atoms with van der Waals surface area (Å²) in [5.41, 5.74) is 1.09. The number of benzene rings is 1. The first-order valence-corrected chi connectivity index (χ1v) is 9.16. The molecule has 1 aliphatic rings. The van der Waals surface area contributed by atoms with Gasteiger partial charge in [0, 0.05) is 44.4 Å². The lowest BCUT2D eigenvalue weighted by atomic mass is 9.94. The maximum atomic E-state index is 12.9. The van der Waals surface area contributed by atoms with E-state index >= 15 is 0 Å². The minimum Gasteiger partial charge on any atom is -0.489 e. The average molecular weight is 359 g/mol. The molecule has 0 spiro atoms. The van der Waals surface area contributed by atoms with Gasteiger partial charge in [-0.15, -0.1) is 0 Å². The third-order valence-corrected chi connectivity index (χ3v) is 4.97. The summed E-state index contributed by atoms with van der Waals surface area (Å²) in [6.07, 6.45) is 5.78. The van der Waals surface area contributed by atoms with Crippen molar-refractivity contribution in [2.24, 2.45) is 0 Å². The zero-order chi connectivity index (χ0) is 17.6. The fourth-order valence-corrected chi connectivity index (χ4v) is 3.45. The van der Waals surface area contributed by atoms with Gasteiger partial charge in [0.1, 0.15) is 16.9 Å². The van der Waals surface area contributed by atoms with Crippen molar-refractivity contribution < 1.29 is 9.53 Å². The fraction of sp³-hybridized carbons (Fsp3) is 0.400. The molecule has 0 unspecified atom stereocenters. The largest absolute Gasteiger partial charge is 0.489 e. The van der Waals surface area contributed by atoms with Crippen LogP contribution in [0.5, 0.6) is 5.75 Å². The third kappa shape index (κ3) is 4.31. The first kappa shape index (κ1) is 17.7. The van der Waals surface area contributed by atoms with Crippen LogP contribution in [0, 0.1) is 0 Å². The van der Waals surface area contributed by atoms with Gasteiger partial charge in [-0.2, -0.15) is 0 Å². The van der Waals surface area contributed by atoms with Crippen LogP contribution in [-0.4, -0.2) is 35.0 Å². The minimum atomic E-state index is -0.0617. The van der Waals surface area contributed by atoms with Gasteiger partial charge < -0.3 is 9.64 Å². The van der Waals surface area contributed by atoms with Gasteiger partial charge in [-0.05, 0) is 12.0 Å². The van der Waals surface area contributed by atoms with Crippen molar-refractivity contribution in [1.82, 2.24) is 9.88 Å². The zero-order valence-corrected chi connectivity index (χ0v) is 15.2. The molecule has 5 heteroatoms. The lowest BCUT2D eigenvalue weighted by Gasteiger charge is -2.34. The highest BCUT2D eigenvalue weighted by atomic mass is 35.5. The number of likely N-dealkylation sites (tertiary alicyclic amines) is 1. The summed E-state index contributed by atoms with van der Waals surface area (Å²) in [5.74, 6) is 0.819. The van der Waals surface area contributed by atoms with Crippen LogP contribution < -0.4 is 4.74 Å². The number of hydrogen-bond acceptors (Lipinski definition) is 3. The number of carbonyl (C=O) groups excluding carboxylic acids is 1. The summed E-state index contributed by atoms with van der Waals surface area (Å²) in [4.78, 5) is 18.8. The van der Waals surface area contributed by atoms with Crippen LogP contribution in [0.4, 0.5) is 0 Å². The molecular weight excluding hydrogens is 336 g/mol. The molecule has 0 bridgehead atoms. The molecule has 0 N–H and O–H groups in total. The first-order valence-electron chi connectivity index (χ1n) is 8.79. The minimum absolute atomic E-state index is 0.0617. The fourth-order valence-electron chi connectivity index (χ4n) is 3.29. The number of ether oxygens (including phenoxy) is 1. The van der Waals surface area contributed by atoms with Crippen molar-refractivity contribution in [3.05, 3.63) is 59.4 Å². The van der Waals surface area contributed by atoms with Gasteiger partial charge in [-0.25, -0.2) is 0 Å². The Morgan fingerprint density at radius 3 is 2.64 bits per heavy atom. The summed E-state index contributed by atoms with van der Waals surface area (Å²) in [5, 5.41) is 0.524. The van der Waals surface area contributed by atoms with Gasteiger partial charge in [0.15, 0.2) is 0 Å². The molecule has 1 aromatic carbocycles. The highest BCUT2D eigenvalue weighted by Gasteiger charge is 2.29. The number of nitrogens with zero attached hydrogens (tertiary/aromatic N) is 2. The van der Waals surface area contributed by atoms with Gasteiger partial charge >= 0.3 is 0 Å². The molecule has 1 saturated heterocycles. The van der Waals surface area contributed by atoms with Gasteiger partial charge in [0.25, 0.3) is 0 Å². The molecule has 2 heterocycles. The molecule has 132 valence electrons. The Balaban J connectivity index is 1.58. The number of pyridine rings is 1. The Morgan fingerprint density at radius 2 is 2.00 bits per heavy atom. The zero-order valence-electron chi connectivity index (χ0n) is 14.4. The maximum absolute atomic E-state index is 12.9. The molecule has 0 aliphatic carbocycles. The van der Waals surface area contributed by atoms with Gasteiger partial charge in [-0.3, -0.25) is 9.78 Å². The molecular formula is C20H23ClN2O2. The monoisotopic (exact) mass is 358 g/mol. The van der Waals surface area contributed by atoms with E-state index in [4.69, 9.17) is 16.3 Å². The standard InChI is InChI=1S/C20H23ClN2O2/c1-2-17(15-6-4-3-5-7-15)20(24)23-12-9-16(10-13-23)25-19-8-11-22-14-18(19)21/h3-8,11,14,16-17H,2,9-10,12-13H2,1H3/t17-/m1/s1. The molecule has 0 saturated carbocycles. The van der Waals surface area contributed by atoms with Crippen LogP contribution in [0.2, 0.25) is 5.02 Å². The average Bonchev–Trinajstić information content (AvgIpc) is 2.66. The van der Waals surface area contributed by atoms with Crippen molar-refractivity contribution in [1.29, 1.82) is 0 Å². The second-order valence-electron chi connectivity index (χ2n) is 6.32. The highest BCUT2D eigenvalue weighted by molar-refractivity contribution is 6.31. The molecule has 4 nitrogen and oxygen atoms in total. The normalized spacial score (nSPS) is 16.5.